The van der Waals surface area contributed by atoms with Crippen LogP contribution in [0.3, 0.4) is 0 Å². The smallest absolute Gasteiger partial charge is 0.152 e. The fourth-order valence-corrected chi connectivity index (χ4v) is 2.75. The Morgan fingerprint density at radius 1 is 1.14 bits per heavy atom. The third kappa shape index (κ3) is 3.41. The molecule has 0 spiro atoms. The van der Waals surface area contributed by atoms with Crippen molar-refractivity contribution in [3.8, 4) is 0 Å². The second-order valence-corrected chi connectivity index (χ2v) is 6.23. The van der Waals surface area contributed by atoms with Crippen molar-refractivity contribution in [2.75, 3.05) is 17.3 Å². The Bertz CT molecular complexity index is 627. The zero-order valence-corrected chi connectivity index (χ0v) is 14.6. The van der Waals surface area contributed by atoms with Gasteiger partial charge in [-0.15, -0.1) is 0 Å². The van der Waals surface area contributed by atoms with Gasteiger partial charge in [-0.3, -0.25) is 0 Å². The average molecular weight is 297 g/mol. The molecule has 2 rings (SSSR count). The van der Waals surface area contributed by atoms with E-state index in [0.29, 0.717) is 6.04 Å². The molecule has 1 aromatic heterocycles. The van der Waals surface area contributed by atoms with Gasteiger partial charge in [-0.2, -0.15) is 0 Å². The van der Waals surface area contributed by atoms with E-state index in [9.17, 15) is 0 Å². The lowest BCUT2D eigenvalue weighted by Gasteiger charge is -2.31. The van der Waals surface area contributed by atoms with Crippen LogP contribution in [0, 0.1) is 20.8 Å². The number of aromatic nitrogens is 1. The Morgan fingerprint density at radius 2 is 1.77 bits per heavy atom. The van der Waals surface area contributed by atoms with E-state index in [4.69, 9.17) is 0 Å². The molecular formula is C19H27N3. The number of hydrogen-bond acceptors (Lipinski definition) is 3. The maximum atomic E-state index is 4.69. The highest BCUT2D eigenvalue weighted by Crippen LogP contribution is 2.28. The summed E-state index contributed by atoms with van der Waals surface area (Å²) < 4.78 is 0. The van der Waals surface area contributed by atoms with Gasteiger partial charge in [-0.1, -0.05) is 18.2 Å². The van der Waals surface area contributed by atoms with E-state index in [1.807, 2.05) is 13.2 Å². The summed E-state index contributed by atoms with van der Waals surface area (Å²) in [6, 6.07) is 9.02. The predicted molar refractivity (Wildman–Crippen MR) is 95.8 cm³/mol. The highest BCUT2D eigenvalue weighted by atomic mass is 15.2. The molecule has 0 saturated carbocycles. The van der Waals surface area contributed by atoms with Crippen molar-refractivity contribution in [2.24, 2.45) is 0 Å². The SMILES string of the molecule is CNc1cc(C)cnc1N(Cc1c(C)cccc1C)C(C)C. The van der Waals surface area contributed by atoms with Gasteiger partial charge in [0.05, 0.1) is 5.69 Å². The van der Waals surface area contributed by atoms with Gasteiger partial charge in [-0.05, 0) is 62.9 Å². The van der Waals surface area contributed by atoms with E-state index in [1.165, 1.54) is 22.3 Å². The Balaban J connectivity index is 2.44. The number of nitrogens with one attached hydrogen (secondary N) is 1. The van der Waals surface area contributed by atoms with Gasteiger partial charge >= 0.3 is 0 Å². The Hall–Kier alpha value is -2.03. The highest BCUT2D eigenvalue weighted by molar-refractivity contribution is 5.66. The van der Waals surface area contributed by atoms with Gasteiger partial charge in [0.1, 0.15) is 0 Å². The quantitative estimate of drug-likeness (QED) is 0.883. The van der Waals surface area contributed by atoms with E-state index in [1.54, 1.807) is 0 Å². The number of hydrogen-bond donors (Lipinski definition) is 1. The van der Waals surface area contributed by atoms with Gasteiger partial charge in [0.25, 0.3) is 0 Å². The third-order valence-electron chi connectivity index (χ3n) is 4.14. The van der Waals surface area contributed by atoms with Crippen LogP contribution in [0.25, 0.3) is 0 Å². The van der Waals surface area contributed by atoms with Crippen LogP contribution < -0.4 is 10.2 Å². The lowest BCUT2D eigenvalue weighted by molar-refractivity contribution is 0.670. The van der Waals surface area contributed by atoms with Crippen LogP contribution in [-0.4, -0.2) is 18.1 Å². The molecule has 0 saturated heterocycles. The van der Waals surface area contributed by atoms with Crippen molar-refractivity contribution < 1.29 is 0 Å². The molecule has 0 aliphatic heterocycles. The van der Waals surface area contributed by atoms with Crippen molar-refractivity contribution >= 4 is 11.5 Å². The summed E-state index contributed by atoms with van der Waals surface area (Å²) in [4.78, 5) is 7.05. The summed E-state index contributed by atoms with van der Waals surface area (Å²) >= 11 is 0. The fourth-order valence-electron chi connectivity index (χ4n) is 2.75. The molecule has 0 aliphatic rings. The molecule has 1 heterocycles. The molecule has 0 amide bonds. The number of aryl methyl sites for hydroxylation is 3. The number of nitrogens with zero attached hydrogens (tertiary/aromatic N) is 2. The molecule has 22 heavy (non-hydrogen) atoms. The summed E-state index contributed by atoms with van der Waals surface area (Å²) in [7, 11) is 1.96. The van der Waals surface area contributed by atoms with Gasteiger partial charge in [0, 0.05) is 25.8 Å². The van der Waals surface area contributed by atoms with Gasteiger partial charge in [0.2, 0.25) is 0 Å². The number of rotatable bonds is 5. The number of pyridine rings is 1. The molecule has 3 heteroatoms. The average Bonchev–Trinajstić information content (AvgIpc) is 2.47. The van der Waals surface area contributed by atoms with Crippen molar-refractivity contribution in [1.29, 1.82) is 0 Å². The van der Waals surface area contributed by atoms with E-state index in [0.717, 1.165) is 18.1 Å². The first-order chi connectivity index (χ1) is 10.4. The van der Waals surface area contributed by atoms with Gasteiger partial charge in [-0.25, -0.2) is 4.98 Å². The van der Waals surface area contributed by atoms with E-state index in [2.05, 4.69) is 74.1 Å². The molecule has 118 valence electrons. The Kier molecular flexibility index (Phi) is 5.07. The lowest BCUT2D eigenvalue weighted by atomic mass is 10.0. The zero-order chi connectivity index (χ0) is 16.3. The van der Waals surface area contributed by atoms with Crippen molar-refractivity contribution in [3.63, 3.8) is 0 Å². The van der Waals surface area contributed by atoms with Crippen molar-refractivity contribution in [3.05, 3.63) is 52.7 Å². The van der Waals surface area contributed by atoms with Crippen LogP contribution in [0.5, 0.6) is 0 Å². The minimum absolute atomic E-state index is 0.376. The lowest BCUT2D eigenvalue weighted by Crippen LogP contribution is -2.32. The Morgan fingerprint density at radius 3 is 2.32 bits per heavy atom. The molecule has 0 radical (unpaired) electrons. The van der Waals surface area contributed by atoms with Crippen LogP contribution in [0.4, 0.5) is 11.5 Å². The predicted octanol–water partition coefficient (Wildman–Crippen LogP) is 4.46. The number of anilines is 2. The second kappa shape index (κ2) is 6.82. The molecule has 2 aromatic rings. The molecular weight excluding hydrogens is 270 g/mol. The summed E-state index contributed by atoms with van der Waals surface area (Å²) in [6.45, 7) is 11.7. The minimum Gasteiger partial charge on any atom is -0.385 e. The third-order valence-corrected chi connectivity index (χ3v) is 4.14. The summed E-state index contributed by atoms with van der Waals surface area (Å²) in [5.74, 6) is 1.02. The topological polar surface area (TPSA) is 28.2 Å². The first-order valence-corrected chi connectivity index (χ1v) is 7.90. The molecule has 0 unspecified atom stereocenters. The zero-order valence-electron chi connectivity index (χ0n) is 14.6. The van der Waals surface area contributed by atoms with Crippen molar-refractivity contribution in [2.45, 2.75) is 47.2 Å². The molecule has 0 fully saturated rings. The van der Waals surface area contributed by atoms with Crippen LogP contribution in [-0.2, 0) is 6.54 Å². The monoisotopic (exact) mass is 297 g/mol. The minimum atomic E-state index is 0.376. The largest absolute Gasteiger partial charge is 0.385 e. The molecule has 3 nitrogen and oxygen atoms in total. The molecule has 0 atom stereocenters. The highest BCUT2D eigenvalue weighted by Gasteiger charge is 2.18. The molecule has 1 N–H and O–H groups in total. The second-order valence-electron chi connectivity index (χ2n) is 6.23. The van der Waals surface area contributed by atoms with E-state index in [-0.39, 0.29) is 0 Å². The van der Waals surface area contributed by atoms with Crippen LogP contribution >= 0.6 is 0 Å². The van der Waals surface area contributed by atoms with Crippen LogP contribution in [0.2, 0.25) is 0 Å². The maximum Gasteiger partial charge on any atom is 0.152 e. The molecule has 0 bridgehead atoms. The molecule has 0 aliphatic carbocycles. The first kappa shape index (κ1) is 16.3. The first-order valence-electron chi connectivity index (χ1n) is 7.90. The standard InChI is InChI=1S/C19H27N3/c1-13(2)22(12-17-15(4)8-7-9-16(17)5)19-18(20-6)10-14(3)11-21-19/h7-11,13,20H,12H2,1-6H3. The van der Waals surface area contributed by atoms with E-state index < -0.39 is 0 Å². The van der Waals surface area contributed by atoms with Gasteiger partial charge < -0.3 is 10.2 Å². The normalized spacial score (nSPS) is 10.9. The van der Waals surface area contributed by atoms with Crippen molar-refractivity contribution in [1.82, 2.24) is 4.98 Å². The summed E-state index contributed by atoms with van der Waals surface area (Å²) in [5, 5.41) is 3.28. The summed E-state index contributed by atoms with van der Waals surface area (Å²) in [5.41, 5.74) is 6.32. The van der Waals surface area contributed by atoms with Crippen LogP contribution in [0.15, 0.2) is 30.5 Å². The van der Waals surface area contributed by atoms with E-state index >= 15 is 0 Å². The van der Waals surface area contributed by atoms with Gasteiger partial charge in [0.15, 0.2) is 5.82 Å². The maximum absolute atomic E-state index is 4.69. The number of benzene rings is 1. The fraction of sp³-hybridized carbons (Fsp3) is 0.421. The van der Waals surface area contributed by atoms with Crippen LogP contribution in [0.1, 0.15) is 36.1 Å². The molecule has 1 aromatic carbocycles. The summed E-state index contributed by atoms with van der Waals surface area (Å²) in [6.07, 6.45) is 1.94. The Labute approximate surface area is 134 Å².